The van der Waals surface area contributed by atoms with E-state index in [1.165, 1.54) is 44.9 Å². The van der Waals surface area contributed by atoms with Gasteiger partial charge in [-0.3, -0.25) is 0 Å². The van der Waals surface area contributed by atoms with E-state index in [2.05, 4.69) is 26.1 Å². The molecule has 0 amide bonds. The van der Waals surface area contributed by atoms with E-state index in [4.69, 9.17) is 4.74 Å². The third-order valence-electron chi connectivity index (χ3n) is 3.77. The van der Waals surface area contributed by atoms with Gasteiger partial charge in [0.05, 0.1) is 12.7 Å². The van der Waals surface area contributed by atoms with Crippen molar-refractivity contribution in [2.24, 2.45) is 5.92 Å². The molecular weight excluding hydrogens is 210 g/mol. The Labute approximate surface area is 108 Å². The molecule has 0 heterocycles. The van der Waals surface area contributed by atoms with Crippen molar-refractivity contribution < 1.29 is 4.74 Å². The summed E-state index contributed by atoms with van der Waals surface area (Å²) in [6, 6.07) is 0.743. The molecule has 1 aliphatic carbocycles. The zero-order valence-electron chi connectivity index (χ0n) is 12.0. The minimum atomic E-state index is 0.361. The van der Waals surface area contributed by atoms with Crippen LogP contribution in [0.15, 0.2) is 0 Å². The fourth-order valence-electron chi connectivity index (χ4n) is 2.84. The lowest BCUT2D eigenvalue weighted by atomic mass is 9.95. The van der Waals surface area contributed by atoms with E-state index in [-0.39, 0.29) is 0 Å². The molecule has 2 nitrogen and oxygen atoms in total. The molecule has 0 aliphatic heterocycles. The fraction of sp³-hybridized carbons (Fsp3) is 1.00. The standard InChI is InChI=1S/C15H31NO/c1-4-6-14-7-5-8-15(10-9-14)16-11-12-17-13(2)3/h13-16H,4-12H2,1-3H3. The lowest BCUT2D eigenvalue weighted by Crippen LogP contribution is -2.32. The second-order valence-corrected chi connectivity index (χ2v) is 5.73. The molecular formula is C15H31NO. The average Bonchev–Trinajstić information content (AvgIpc) is 2.51. The van der Waals surface area contributed by atoms with Gasteiger partial charge in [-0.25, -0.2) is 0 Å². The number of hydrogen-bond acceptors (Lipinski definition) is 2. The van der Waals surface area contributed by atoms with E-state index in [1.54, 1.807) is 0 Å². The molecule has 2 unspecified atom stereocenters. The van der Waals surface area contributed by atoms with E-state index in [1.807, 2.05) is 0 Å². The smallest absolute Gasteiger partial charge is 0.0594 e. The molecule has 0 aromatic heterocycles. The SMILES string of the molecule is CCCC1CCCC(NCCOC(C)C)CC1. The van der Waals surface area contributed by atoms with Crippen LogP contribution in [0.3, 0.4) is 0 Å². The van der Waals surface area contributed by atoms with E-state index in [0.717, 1.165) is 25.1 Å². The van der Waals surface area contributed by atoms with Crippen molar-refractivity contribution in [1.29, 1.82) is 0 Å². The van der Waals surface area contributed by atoms with E-state index >= 15 is 0 Å². The van der Waals surface area contributed by atoms with Crippen molar-refractivity contribution in [2.45, 2.75) is 77.9 Å². The maximum Gasteiger partial charge on any atom is 0.0594 e. The van der Waals surface area contributed by atoms with E-state index in [0.29, 0.717) is 6.10 Å². The average molecular weight is 241 g/mol. The van der Waals surface area contributed by atoms with Gasteiger partial charge in [-0.1, -0.05) is 32.6 Å². The third kappa shape index (κ3) is 7.05. The molecule has 1 aliphatic rings. The molecule has 1 N–H and O–H groups in total. The van der Waals surface area contributed by atoms with Crippen molar-refractivity contribution in [2.75, 3.05) is 13.2 Å². The van der Waals surface area contributed by atoms with Gasteiger partial charge in [0, 0.05) is 12.6 Å². The highest BCUT2D eigenvalue weighted by Gasteiger charge is 2.17. The Morgan fingerprint density at radius 3 is 2.71 bits per heavy atom. The van der Waals surface area contributed by atoms with Gasteiger partial charge in [-0.15, -0.1) is 0 Å². The van der Waals surface area contributed by atoms with Crippen molar-refractivity contribution in [3.8, 4) is 0 Å². The number of hydrogen-bond donors (Lipinski definition) is 1. The zero-order valence-corrected chi connectivity index (χ0v) is 12.0. The first-order valence-electron chi connectivity index (χ1n) is 7.57. The van der Waals surface area contributed by atoms with Crippen LogP contribution >= 0.6 is 0 Å². The largest absolute Gasteiger partial charge is 0.377 e. The van der Waals surface area contributed by atoms with Crippen LogP contribution in [0.4, 0.5) is 0 Å². The van der Waals surface area contributed by atoms with Crippen molar-refractivity contribution in [3.63, 3.8) is 0 Å². The number of nitrogens with one attached hydrogen (secondary N) is 1. The monoisotopic (exact) mass is 241 g/mol. The molecule has 0 aromatic rings. The highest BCUT2D eigenvalue weighted by molar-refractivity contribution is 4.74. The summed E-state index contributed by atoms with van der Waals surface area (Å²) < 4.78 is 5.56. The fourth-order valence-corrected chi connectivity index (χ4v) is 2.84. The van der Waals surface area contributed by atoms with Crippen LogP contribution in [-0.4, -0.2) is 25.3 Å². The molecule has 102 valence electrons. The summed E-state index contributed by atoms with van der Waals surface area (Å²) in [7, 11) is 0. The highest BCUT2D eigenvalue weighted by Crippen LogP contribution is 2.26. The summed E-state index contributed by atoms with van der Waals surface area (Å²) in [5.41, 5.74) is 0. The topological polar surface area (TPSA) is 21.3 Å². The predicted octanol–water partition coefficient (Wildman–Crippen LogP) is 3.75. The predicted molar refractivity (Wildman–Crippen MR) is 74.4 cm³/mol. The van der Waals surface area contributed by atoms with Crippen molar-refractivity contribution >= 4 is 0 Å². The quantitative estimate of drug-likeness (QED) is 0.541. The summed E-state index contributed by atoms with van der Waals surface area (Å²) in [6.07, 6.45) is 10.2. The van der Waals surface area contributed by atoms with Crippen LogP contribution < -0.4 is 5.32 Å². The first-order valence-corrected chi connectivity index (χ1v) is 7.57. The molecule has 0 aromatic carbocycles. The second-order valence-electron chi connectivity index (χ2n) is 5.73. The Morgan fingerprint density at radius 2 is 2.00 bits per heavy atom. The van der Waals surface area contributed by atoms with E-state index in [9.17, 15) is 0 Å². The Bertz CT molecular complexity index is 182. The van der Waals surface area contributed by atoms with Crippen LogP contribution in [0.2, 0.25) is 0 Å². The normalized spacial score (nSPS) is 26.1. The molecule has 1 saturated carbocycles. The molecule has 0 spiro atoms. The summed E-state index contributed by atoms with van der Waals surface area (Å²) in [5.74, 6) is 0.999. The van der Waals surface area contributed by atoms with Gasteiger partial charge in [0.15, 0.2) is 0 Å². The summed E-state index contributed by atoms with van der Waals surface area (Å²) in [4.78, 5) is 0. The third-order valence-corrected chi connectivity index (χ3v) is 3.77. The Morgan fingerprint density at radius 1 is 1.18 bits per heavy atom. The van der Waals surface area contributed by atoms with Crippen LogP contribution in [0, 0.1) is 5.92 Å². The minimum Gasteiger partial charge on any atom is -0.377 e. The Kier molecular flexibility index (Phi) is 7.87. The maximum absolute atomic E-state index is 5.56. The molecule has 1 rings (SSSR count). The minimum absolute atomic E-state index is 0.361. The summed E-state index contributed by atoms with van der Waals surface area (Å²) in [5, 5.41) is 3.65. The maximum atomic E-state index is 5.56. The summed E-state index contributed by atoms with van der Waals surface area (Å²) >= 11 is 0. The van der Waals surface area contributed by atoms with Crippen LogP contribution in [0.1, 0.15) is 65.7 Å². The Hall–Kier alpha value is -0.0800. The van der Waals surface area contributed by atoms with Crippen molar-refractivity contribution in [1.82, 2.24) is 5.32 Å². The van der Waals surface area contributed by atoms with Gasteiger partial charge in [-0.2, -0.15) is 0 Å². The van der Waals surface area contributed by atoms with Gasteiger partial charge < -0.3 is 10.1 Å². The highest BCUT2D eigenvalue weighted by atomic mass is 16.5. The molecule has 2 atom stereocenters. The molecule has 0 saturated heterocycles. The first-order chi connectivity index (χ1) is 8.22. The van der Waals surface area contributed by atoms with Gasteiger partial charge >= 0.3 is 0 Å². The molecule has 0 radical (unpaired) electrons. The molecule has 17 heavy (non-hydrogen) atoms. The lowest BCUT2D eigenvalue weighted by Gasteiger charge is -2.17. The first kappa shape index (κ1) is 15.0. The van der Waals surface area contributed by atoms with Crippen molar-refractivity contribution in [3.05, 3.63) is 0 Å². The molecule has 0 bridgehead atoms. The number of ether oxygens (including phenoxy) is 1. The second kappa shape index (κ2) is 8.93. The van der Waals surface area contributed by atoms with Gasteiger partial charge in [0.25, 0.3) is 0 Å². The van der Waals surface area contributed by atoms with E-state index < -0.39 is 0 Å². The van der Waals surface area contributed by atoms with Crippen LogP contribution in [0.25, 0.3) is 0 Å². The number of rotatable bonds is 7. The van der Waals surface area contributed by atoms with Gasteiger partial charge in [0.2, 0.25) is 0 Å². The molecule has 2 heteroatoms. The van der Waals surface area contributed by atoms with Gasteiger partial charge in [0.1, 0.15) is 0 Å². The zero-order chi connectivity index (χ0) is 12.5. The van der Waals surface area contributed by atoms with Gasteiger partial charge in [-0.05, 0) is 39.0 Å². The lowest BCUT2D eigenvalue weighted by molar-refractivity contribution is 0.0790. The summed E-state index contributed by atoms with van der Waals surface area (Å²) in [6.45, 7) is 8.37. The van der Waals surface area contributed by atoms with Crippen LogP contribution in [-0.2, 0) is 4.74 Å². The molecule has 1 fully saturated rings. The van der Waals surface area contributed by atoms with Crippen LogP contribution in [0.5, 0.6) is 0 Å². The Balaban J connectivity index is 2.09.